The van der Waals surface area contributed by atoms with E-state index in [1.165, 1.54) is 0 Å². The van der Waals surface area contributed by atoms with E-state index in [-0.39, 0.29) is 0 Å². The van der Waals surface area contributed by atoms with Crippen LogP contribution in [0.2, 0.25) is 0 Å². The van der Waals surface area contributed by atoms with Crippen molar-refractivity contribution in [3.8, 4) is 0 Å². The number of hydrogen-bond acceptors (Lipinski definition) is 6. The first-order valence-corrected chi connectivity index (χ1v) is 11.7. The van der Waals surface area contributed by atoms with Gasteiger partial charge in [-0.25, -0.2) is 0 Å². The fourth-order valence-electron chi connectivity index (χ4n) is 5.19. The average molecular weight is 441 g/mol. The summed E-state index contributed by atoms with van der Waals surface area (Å²) in [6, 6.07) is 19.6. The summed E-state index contributed by atoms with van der Waals surface area (Å²) in [4.78, 5) is 0. The lowest BCUT2D eigenvalue weighted by molar-refractivity contribution is -0.223. The second kappa shape index (κ2) is 9.59. The van der Waals surface area contributed by atoms with Crippen molar-refractivity contribution in [2.24, 2.45) is 0 Å². The van der Waals surface area contributed by atoms with E-state index >= 15 is 0 Å². The van der Waals surface area contributed by atoms with E-state index in [1.807, 2.05) is 60.7 Å². The number of rotatable bonds is 6. The topological polar surface area (TPSA) is 77.4 Å². The molecule has 0 aromatic heterocycles. The number of aliphatic hydroxyl groups is 2. The molecule has 5 rings (SSSR count). The minimum Gasteiger partial charge on any atom is -0.387 e. The highest BCUT2D eigenvalue weighted by Gasteiger charge is 2.61. The molecule has 2 aliphatic carbocycles. The third-order valence-electron chi connectivity index (χ3n) is 6.88. The molecule has 2 aromatic carbocycles. The molecule has 0 bridgehead atoms. The van der Waals surface area contributed by atoms with Gasteiger partial charge in [-0.3, -0.25) is 0 Å². The van der Waals surface area contributed by atoms with Gasteiger partial charge in [0.1, 0.15) is 36.6 Å². The summed E-state index contributed by atoms with van der Waals surface area (Å²) in [7, 11) is 0. The van der Waals surface area contributed by atoms with E-state index in [4.69, 9.17) is 18.9 Å². The Morgan fingerprint density at radius 2 is 1.12 bits per heavy atom. The van der Waals surface area contributed by atoms with Crippen molar-refractivity contribution in [3.05, 3.63) is 71.8 Å². The number of fused-ring (bicyclic) bond motifs is 1. The van der Waals surface area contributed by atoms with Crippen LogP contribution >= 0.6 is 0 Å². The molecular weight excluding hydrogens is 408 g/mol. The first kappa shape index (κ1) is 22.0. The Kier molecular flexibility index (Phi) is 6.60. The number of aliphatic hydroxyl groups excluding tert-OH is 2. The maximum absolute atomic E-state index is 11.0. The first-order chi connectivity index (χ1) is 15.7. The molecule has 1 aliphatic heterocycles. The lowest BCUT2D eigenvalue weighted by Crippen LogP contribution is -2.63. The third kappa shape index (κ3) is 4.49. The van der Waals surface area contributed by atoms with E-state index in [2.05, 4.69) is 0 Å². The van der Waals surface area contributed by atoms with Gasteiger partial charge in [-0.1, -0.05) is 67.1 Å². The fourth-order valence-corrected chi connectivity index (χ4v) is 5.19. The Bertz CT molecular complexity index is 788. The zero-order valence-electron chi connectivity index (χ0n) is 18.2. The molecule has 32 heavy (non-hydrogen) atoms. The molecule has 1 saturated heterocycles. The van der Waals surface area contributed by atoms with Crippen LogP contribution in [0.25, 0.3) is 0 Å². The molecule has 3 fully saturated rings. The van der Waals surface area contributed by atoms with E-state index in [1.54, 1.807) is 0 Å². The summed E-state index contributed by atoms with van der Waals surface area (Å²) in [5.74, 6) is -0.680. The van der Waals surface area contributed by atoms with Crippen molar-refractivity contribution in [2.75, 3.05) is 0 Å². The molecular formula is C26H32O6. The fraction of sp³-hybridized carbons (Fsp3) is 0.538. The lowest BCUT2D eigenvalue weighted by Gasteiger charge is -2.43. The molecule has 2 saturated carbocycles. The summed E-state index contributed by atoms with van der Waals surface area (Å²) in [5.41, 5.74) is 2.00. The van der Waals surface area contributed by atoms with Crippen molar-refractivity contribution in [1.82, 2.24) is 0 Å². The second-order valence-corrected chi connectivity index (χ2v) is 9.14. The highest BCUT2D eigenvalue weighted by Crippen LogP contribution is 2.46. The molecule has 0 radical (unpaired) electrons. The van der Waals surface area contributed by atoms with Gasteiger partial charge in [-0.05, 0) is 24.0 Å². The van der Waals surface area contributed by atoms with Crippen LogP contribution in [-0.2, 0) is 32.2 Å². The van der Waals surface area contributed by atoms with Gasteiger partial charge in [-0.2, -0.15) is 0 Å². The summed E-state index contributed by atoms with van der Waals surface area (Å²) in [5, 5.41) is 22.1. The van der Waals surface area contributed by atoms with Crippen LogP contribution in [0, 0.1) is 0 Å². The molecule has 6 nitrogen and oxygen atoms in total. The summed E-state index contributed by atoms with van der Waals surface area (Å²) in [6.45, 7) is 0.648. The number of ether oxygens (including phenoxy) is 4. The van der Waals surface area contributed by atoms with Gasteiger partial charge >= 0.3 is 0 Å². The minimum absolute atomic E-state index is 0.324. The van der Waals surface area contributed by atoms with E-state index in [0.29, 0.717) is 13.2 Å². The van der Waals surface area contributed by atoms with Crippen molar-refractivity contribution >= 4 is 0 Å². The SMILES string of the molecule is O[C@@H]1[C@H](O)[C@H](OCc2ccccc2)[C@@H]2OC3(CCCCC3)O[C@H]2[C@H]1OCc1ccccc1. The van der Waals surface area contributed by atoms with E-state index < -0.39 is 42.4 Å². The maximum atomic E-state index is 11.0. The number of hydrogen-bond donors (Lipinski definition) is 2. The number of benzene rings is 2. The van der Waals surface area contributed by atoms with Crippen LogP contribution in [0.3, 0.4) is 0 Å². The minimum atomic E-state index is -1.14. The Hall–Kier alpha value is -1.80. The quantitative estimate of drug-likeness (QED) is 0.718. The third-order valence-corrected chi connectivity index (χ3v) is 6.88. The summed E-state index contributed by atoms with van der Waals surface area (Å²) < 4.78 is 25.3. The molecule has 3 aliphatic rings. The Balaban J connectivity index is 1.36. The standard InChI is InChI=1S/C26H32O6/c27-20-21(28)23(30-17-19-12-6-2-7-13-19)25-24(31-26(32-25)14-8-3-9-15-26)22(20)29-16-18-10-4-1-5-11-18/h1-2,4-7,10-13,20-25,27-28H,3,8-9,14-17H2/t20-,21+,22-,23-,24-,25-/m0/s1. The molecule has 0 amide bonds. The molecule has 2 N–H and O–H groups in total. The van der Waals surface area contributed by atoms with Gasteiger partial charge in [0, 0.05) is 12.8 Å². The van der Waals surface area contributed by atoms with Crippen molar-refractivity contribution < 1.29 is 29.2 Å². The normalized spacial score (nSPS) is 33.8. The largest absolute Gasteiger partial charge is 0.387 e. The molecule has 172 valence electrons. The maximum Gasteiger partial charge on any atom is 0.169 e. The first-order valence-electron chi connectivity index (χ1n) is 11.7. The van der Waals surface area contributed by atoms with Crippen molar-refractivity contribution in [1.29, 1.82) is 0 Å². The van der Waals surface area contributed by atoms with Crippen LogP contribution in [0.5, 0.6) is 0 Å². The van der Waals surface area contributed by atoms with E-state index in [9.17, 15) is 10.2 Å². The van der Waals surface area contributed by atoms with Gasteiger partial charge < -0.3 is 29.2 Å². The summed E-state index contributed by atoms with van der Waals surface area (Å²) >= 11 is 0. The van der Waals surface area contributed by atoms with Gasteiger partial charge in [-0.15, -0.1) is 0 Å². The predicted octanol–water partition coefficient (Wildman–Crippen LogP) is 3.34. The van der Waals surface area contributed by atoms with Crippen LogP contribution in [0.15, 0.2) is 60.7 Å². The molecule has 1 heterocycles. The molecule has 6 heteroatoms. The Labute approximate surface area is 189 Å². The van der Waals surface area contributed by atoms with Gasteiger partial charge in [0.2, 0.25) is 0 Å². The average Bonchev–Trinajstić information content (AvgIpc) is 3.19. The Morgan fingerprint density at radius 1 is 0.688 bits per heavy atom. The van der Waals surface area contributed by atoms with Gasteiger partial charge in [0.25, 0.3) is 0 Å². The van der Waals surface area contributed by atoms with Gasteiger partial charge in [0.05, 0.1) is 13.2 Å². The van der Waals surface area contributed by atoms with Crippen LogP contribution in [0.4, 0.5) is 0 Å². The zero-order chi connectivity index (χ0) is 22.0. The zero-order valence-corrected chi connectivity index (χ0v) is 18.2. The molecule has 0 unspecified atom stereocenters. The monoisotopic (exact) mass is 440 g/mol. The highest BCUT2D eigenvalue weighted by molar-refractivity contribution is 5.15. The summed E-state index contributed by atoms with van der Waals surface area (Å²) in [6.07, 6.45) is 0.174. The predicted molar refractivity (Wildman–Crippen MR) is 118 cm³/mol. The van der Waals surface area contributed by atoms with Crippen molar-refractivity contribution in [3.63, 3.8) is 0 Å². The van der Waals surface area contributed by atoms with Crippen LogP contribution in [0.1, 0.15) is 43.2 Å². The second-order valence-electron chi connectivity index (χ2n) is 9.14. The molecule has 6 atom stereocenters. The Morgan fingerprint density at radius 3 is 1.56 bits per heavy atom. The van der Waals surface area contributed by atoms with Crippen LogP contribution in [-0.4, -0.2) is 52.6 Å². The van der Waals surface area contributed by atoms with Gasteiger partial charge in [0.15, 0.2) is 5.79 Å². The smallest absolute Gasteiger partial charge is 0.169 e. The van der Waals surface area contributed by atoms with Crippen molar-refractivity contribution in [2.45, 2.75) is 87.7 Å². The van der Waals surface area contributed by atoms with Crippen LogP contribution < -0.4 is 0 Å². The highest BCUT2D eigenvalue weighted by atomic mass is 16.8. The lowest BCUT2D eigenvalue weighted by atomic mass is 9.84. The van der Waals surface area contributed by atoms with E-state index in [0.717, 1.165) is 43.2 Å². The molecule has 2 aromatic rings. The molecule has 1 spiro atoms.